The largest absolute Gasteiger partial charge is 0.369 e. The normalized spacial score (nSPS) is 27.0. The highest BCUT2D eigenvalue weighted by Gasteiger charge is 2.25. The first-order valence-corrected chi connectivity index (χ1v) is 8.18. The van der Waals surface area contributed by atoms with Gasteiger partial charge in [-0.3, -0.25) is 4.79 Å². The second-order valence-electron chi connectivity index (χ2n) is 5.38. The Kier molecular flexibility index (Phi) is 4.91. The summed E-state index contributed by atoms with van der Waals surface area (Å²) in [5, 5.41) is 18.5. The van der Waals surface area contributed by atoms with Gasteiger partial charge in [-0.1, -0.05) is 0 Å². The quantitative estimate of drug-likeness (QED) is 0.656. The van der Waals surface area contributed by atoms with E-state index in [1.165, 1.54) is 12.8 Å². The lowest BCUT2D eigenvalue weighted by atomic mass is 10.00. The van der Waals surface area contributed by atoms with Gasteiger partial charge in [0.05, 0.1) is 5.69 Å². The van der Waals surface area contributed by atoms with Crippen molar-refractivity contribution in [1.29, 1.82) is 0 Å². The molecule has 0 bridgehead atoms. The summed E-state index contributed by atoms with van der Waals surface area (Å²) < 4.78 is 0. The summed E-state index contributed by atoms with van der Waals surface area (Å²) in [6, 6.07) is 1.75. The molecule has 0 aromatic carbocycles. The summed E-state index contributed by atoms with van der Waals surface area (Å²) in [6.45, 7) is 2.96. The summed E-state index contributed by atoms with van der Waals surface area (Å²) in [6.07, 6.45) is 4.83. The first kappa shape index (κ1) is 15.3. The molecule has 4 N–H and O–H groups in total. The maximum absolute atomic E-state index is 11.2. The summed E-state index contributed by atoms with van der Waals surface area (Å²) in [5.74, 6) is 1.16. The monoisotopic (exact) mass is 321 g/mol. The summed E-state index contributed by atoms with van der Waals surface area (Å²) in [4.78, 5) is 20.4. The van der Waals surface area contributed by atoms with E-state index in [4.69, 9.17) is 0 Å². The number of rotatable bonds is 4. The molecule has 8 heteroatoms. The molecule has 1 aromatic rings. The van der Waals surface area contributed by atoms with Crippen LogP contribution in [0.1, 0.15) is 18.5 Å². The van der Waals surface area contributed by atoms with Crippen LogP contribution in [0.2, 0.25) is 0 Å². The first-order chi connectivity index (χ1) is 10.7. The van der Waals surface area contributed by atoms with Gasteiger partial charge in [0.15, 0.2) is 6.23 Å². The number of carbonyl (C=O) groups excluding carboxylic acids is 1. The van der Waals surface area contributed by atoms with E-state index >= 15 is 0 Å². The molecule has 0 saturated carbocycles. The van der Waals surface area contributed by atoms with Gasteiger partial charge in [-0.05, 0) is 55.8 Å². The maximum atomic E-state index is 11.2. The fourth-order valence-corrected chi connectivity index (χ4v) is 3.24. The number of amides is 1. The number of aliphatic hydroxyl groups is 1. The van der Waals surface area contributed by atoms with Crippen LogP contribution in [0.5, 0.6) is 0 Å². The van der Waals surface area contributed by atoms with Crippen LogP contribution in [0, 0.1) is 5.92 Å². The van der Waals surface area contributed by atoms with Gasteiger partial charge in [0.1, 0.15) is 0 Å². The van der Waals surface area contributed by atoms with Crippen molar-refractivity contribution in [2.75, 3.05) is 25.0 Å². The van der Waals surface area contributed by atoms with Crippen molar-refractivity contribution in [2.45, 2.75) is 19.1 Å². The first-order valence-electron chi connectivity index (χ1n) is 7.36. The molecule has 2 atom stereocenters. The second-order valence-corrected chi connectivity index (χ2v) is 6.43. The Hall–Kier alpha value is -1.64. The lowest BCUT2D eigenvalue weighted by molar-refractivity contribution is 0.192. The topological polar surface area (TPSA) is 99.2 Å². The van der Waals surface area contributed by atoms with Crippen molar-refractivity contribution in [3.63, 3.8) is 0 Å². The number of piperidine rings is 1. The Balaban J connectivity index is 1.62. The third-order valence-electron chi connectivity index (χ3n) is 3.65. The third kappa shape index (κ3) is 3.96. The van der Waals surface area contributed by atoms with Crippen LogP contribution in [0.4, 0.5) is 10.7 Å². The smallest absolute Gasteiger partial charge is 0.285 e. The van der Waals surface area contributed by atoms with Gasteiger partial charge < -0.3 is 21.1 Å². The van der Waals surface area contributed by atoms with E-state index < -0.39 is 6.23 Å². The van der Waals surface area contributed by atoms with Crippen molar-refractivity contribution >= 4 is 29.0 Å². The molecule has 22 heavy (non-hydrogen) atoms. The van der Waals surface area contributed by atoms with Gasteiger partial charge in [-0.25, -0.2) is 9.97 Å². The summed E-state index contributed by atoms with van der Waals surface area (Å²) in [7, 11) is 0. The van der Waals surface area contributed by atoms with Crippen LogP contribution in [0.15, 0.2) is 17.2 Å². The van der Waals surface area contributed by atoms with Crippen molar-refractivity contribution in [2.24, 2.45) is 5.92 Å². The van der Waals surface area contributed by atoms with E-state index in [0.29, 0.717) is 22.5 Å². The Morgan fingerprint density at radius 2 is 2.45 bits per heavy atom. The van der Waals surface area contributed by atoms with Gasteiger partial charge in [0.25, 0.3) is 5.24 Å². The summed E-state index contributed by atoms with van der Waals surface area (Å²) in [5.41, 5.74) is 0.664. The molecule has 1 aromatic heterocycles. The molecule has 0 spiro atoms. The van der Waals surface area contributed by atoms with Gasteiger partial charge >= 0.3 is 0 Å². The molecule has 2 saturated heterocycles. The standard InChI is InChI=1S/C14H19N5O2S/c20-12-11(22-14(21)19-12)6-10-3-5-16-13(18-10)17-8-9-2-1-4-15-7-9/h3,5-6,9,12,15,20H,1-2,4,7-8H2,(H,19,21)(H,16,17,18). The van der Waals surface area contributed by atoms with Gasteiger partial charge in [-0.15, -0.1) is 0 Å². The zero-order valence-electron chi connectivity index (χ0n) is 12.1. The van der Waals surface area contributed by atoms with Gasteiger partial charge in [0, 0.05) is 17.6 Å². The average Bonchev–Trinajstić information content (AvgIpc) is 2.84. The number of nitrogens with one attached hydrogen (secondary N) is 3. The van der Waals surface area contributed by atoms with Crippen LogP contribution in [0.3, 0.4) is 0 Å². The third-order valence-corrected chi connectivity index (χ3v) is 4.53. The molecule has 2 aliphatic rings. The minimum Gasteiger partial charge on any atom is -0.369 e. The minimum absolute atomic E-state index is 0.254. The van der Waals surface area contributed by atoms with Crippen LogP contribution < -0.4 is 16.0 Å². The zero-order valence-corrected chi connectivity index (χ0v) is 12.9. The molecular formula is C14H19N5O2S. The van der Waals surface area contributed by atoms with E-state index in [1.54, 1.807) is 18.3 Å². The number of anilines is 1. The van der Waals surface area contributed by atoms with E-state index in [0.717, 1.165) is 31.4 Å². The predicted molar refractivity (Wildman–Crippen MR) is 86.2 cm³/mol. The molecule has 3 heterocycles. The van der Waals surface area contributed by atoms with Crippen LogP contribution in [0.25, 0.3) is 6.08 Å². The number of aromatic nitrogens is 2. The number of thioether (sulfide) groups is 1. The second kappa shape index (κ2) is 7.08. The molecule has 2 fully saturated rings. The molecule has 3 rings (SSSR count). The average molecular weight is 321 g/mol. The van der Waals surface area contributed by atoms with Crippen molar-refractivity contribution in [3.8, 4) is 0 Å². The van der Waals surface area contributed by atoms with Crippen molar-refractivity contribution < 1.29 is 9.90 Å². The van der Waals surface area contributed by atoms with Gasteiger partial charge in [-0.2, -0.15) is 0 Å². The SMILES string of the molecule is O=C1NC(O)C(=Cc2ccnc(NCC3CCCNC3)n2)S1. The van der Waals surface area contributed by atoms with Crippen molar-refractivity contribution in [3.05, 3.63) is 22.9 Å². The summed E-state index contributed by atoms with van der Waals surface area (Å²) >= 11 is 0.982. The van der Waals surface area contributed by atoms with E-state index in [9.17, 15) is 9.90 Å². The van der Waals surface area contributed by atoms with Crippen LogP contribution in [-0.2, 0) is 0 Å². The molecule has 1 amide bonds. The van der Waals surface area contributed by atoms with Gasteiger partial charge in [0.2, 0.25) is 5.95 Å². The lowest BCUT2D eigenvalue weighted by Crippen LogP contribution is -2.33. The number of carbonyl (C=O) groups is 1. The van der Waals surface area contributed by atoms with Crippen LogP contribution >= 0.6 is 11.8 Å². The Morgan fingerprint density at radius 1 is 1.55 bits per heavy atom. The zero-order chi connectivity index (χ0) is 15.4. The molecule has 2 aliphatic heterocycles. The lowest BCUT2D eigenvalue weighted by Gasteiger charge is -2.22. The van der Waals surface area contributed by atoms with Crippen LogP contribution in [-0.4, -0.2) is 46.2 Å². The Bertz CT molecular complexity index is 574. The number of aliphatic hydroxyl groups excluding tert-OH is 1. The molecule has 7 nitrogen and oxygen atoms in total. The maximum Gasteiger partial charge on any atom is 0.285 e. The number of nitrogens with zero attached hydrogens (tertiary/aromatic N) is 2. The highest BCUT2D eigenvalue weighted by atomic mass is 32.2. The molecule has 0 aliphatic carbocycles. The Labute approximate surface area is 133 Å². The minimum atomic E-state index is -0.947. The fourth-order valence-electron chi connectivity index (χ4n) is 2.50. The molecule has 2 unspecified atom stereocenters. The van der Waals surface area contributed by atoms with E-state index in [2.05, 4.69) is 25.9 Å². The predicted octanol–water partition coefficient (Wildman–Crippen LogP) is 1.00. The molecule has 0 radical (unpaired) electrons. The van der Waals surface area contributed by atoms with Crippen molar-refractivity contribution in [1.82, 2.24) is 20.6 Å². The Morgan fingerprint density at radius 3 is 3.18 bits per heavy atom. The van der Waals surface area contributed by atoms with E-state index in [-0.39, 0.29) is 5.24 Å². The molecule has 118 valence electrons. The molecular weight excluding hydrogens is 302 g/mol. The number of hydrogen-bond acceptors (Lipinski definition) is 7. The van der Waals surface area contributed by atoms with E-state index in [1.807, 2.05) is 0 Å². The fraction of sp³-hybridized carbons (Fsp3) is 0.500. The highest BCUT2D eigenvalue weighted by molar-refractivity contribution is 8.17. The highest BCUT2D eigenvalue weighted by Crippen LogP contribution is 2.27. The number of hydrogen-bond donors (Lipinski definition) is 4.